The van der Waals surface area contributed by atoms with Crippen LogP contribution in [-0.2, 0) is 10.9 Å². The first kappa shape index (κ1) is 13.0. The molecule has 0 fully saturated rings. The van der Waals surface area contributed by atoms with Crippen LogP contribution in [0, 0.1) is 5.41 Å². The van der Waals surface area contributed by atoms with Crippen LogP contribution in [0.15, 0.2) is 24.3 Å². The van der Waals surface area contributed by atoms with Crippen molar-refractivity contribution in [2.24, 2.45) is 11.1 Å². The molecule has 1 aliphatic rings. The second-order valence-corrected chi connectivity index (χ2v) is 6.00. The monoisotopic (exact) mass is 289 g/mol. The zero-order valence-corrected chi connectivity index (χ0v) is 11.5. The smallest absolute Gasteiger partial charge is 0.103 e. The van der Waals surface area contributed by atoms with Crippen LogP contribution < -0.4 is 5.73 Å². The summed E-state index contributed by atoms with van der Waals surface area (Å²) in [5.41, 5.74) is 9.12. The van der Waals surface area contributed by atoms with Crippen molar-refractivity contribution in [1.82, 2.24) is 0 Å². The fourth-order valence-electron chi connectivity index (χ4n) is 2.09. The van der Waals surface area contributed by atoms with Crippen LogP contribution in [0.1, 0.15) is 31.4 Å². The number of hydrogen-bond acceptors (Lipinski definition) is 1. The van der Waals surface area contributed by atoms with Crippen molar-refractivity contribution in [2.75, 3.05) is 0 Å². The fraction of sp³-hybridized carbons (Fsp3) is 0.500. The van der Waals surface area contributed by atoms with Crippen molar-refractivity contribution in [1.29, 1.82) is 0 Å². The molecule has 0 bridgehead atoms. The Bertz CT molecular complexity index is 360. The summed E-state index contributed by atoms with van der Waals surface area (Å²) >= 11 is 3.69. The van der Waals surface area contributed by atoms with Crippen LogP contribution in [0.4, 0.5) is 0 Å². The van der Waals surface area contributed by atoms with Gasteiger partial charge in [0.1, 0.15) is 4.45 Å². The molecule has 15 heavy (non-hydrogen) atoms. The van der Waals surface area contributed by atoms with E-state index in [1.54, 1.807) is 0 Å². The highest BCUT2D eigenvalue weighted by molar-refractivity contribution is 9.09. The Morgan fingerprint density at radius 2 is 1.87 bits per heavy atom. The maximum atomic E-state index is 6.38. The summed E-state index contributed by atoms with van der Waals surface area (Å²) in [5, 5.41) is 0. The summed E-state index contributed by atoms with van der Waals surface area (Å²) in [6.07, 6.45) is 2.26. The largest absolute Gasteiger partial charge is 0.312 e. The van der Waals surface area contributed by atoms with Crippen LogP contribution in [0.2, 0.25) is 0 Å². The molecule has 1 atom stereocenters. The van der Waals surface area contributed by atoms with Crippen LogP contribution in [0.5, 0.6) is 0 Å². The second-order valence-electron chi connectivity index (χ2n) is 4.75. The van der Waals surface area contributed by atoms with Crippen LogP contribution in [0.3, 0.4) is 0 Å². The van der Waals surface area contributed by atoms with Gasteiger partial charge in [-0.25, -0.2) is 0 Å². The van der Waals surface area contributed by atoms with Gasteiger partial charge in [0.25, 0.3) is 0 Å². The van der Waals surface area contributed by atoms with Crippen LogP contribution in [-0.4, -0.2) is 0 Å². The van der Waals surface area contributed by atoms with Crippen molar-refractivity contribution >= 4 is 28.3 Å². The molecule has 1 aromatic rings. The lowest BCUT2D eigenvalue weighted by molar-refractivity contribution is 0.225. The first-order valence-corrected chi connectivity index (χ1v) is 5.81. The molecule has 1 aromatic carbocycles. The van der Waals surface area contributed by atoms with E-state index in [2.05, 4.69) is 54.0 Å². The third-order valence-electron chi connectivity index (χ3n) is 3.41. The first-order chi connectivity index (χ1) is 6.45. The van der Waals surface area contributed by atoms with Gasteiger partial charge in [0, 0.05) is 0 Å². The number of alkyl halides is 1. The minimum Gasteiger partial charge on any atom is -0.312 e. The summed E-state index contributed by atoms with van der Waals surface area (Å²) in [7, 11) is 0. The Balaban J connectivity index is 0.00000112. The fourth-order valence-corrected chi connectivity index (χ4v) is 2.67. The summed E-state index contributed by atoms with van der Waals surface area (Å²) in [6.45, 7) is 4.44. The molecule has 0 aliphatic heterocycles. The average molecular weight is 291 g/mol. The van der Waals surface area contributed by atoms with Crippen molar-refractivity contribution in [3.8, 4) is 0 Å². The van der Waals surface area contributed by atoms with Gasteiger partial charge in [0.15, 0.2) is 0 Å². The molecule has 84 valence electrons. The van der Waals surface area contributed by atoms with E-state index in [9.17, 15) is 0 Å². The Morgan fingerprint density at radius 3 is 2.53 bits per heavy atom. The van der Waals surface area contributed by atoms with E-state index >= 15 is 0 Å². The normalized spacial score (nSPS) is 27.7. The predicted octanol–water partition coefficient (Wildman–Crippen LogP) is 3.59. The van der Waals surface area contributed by atoms with E-state index in [-0.39, 0.29) is 22.3 Å². The lowest BCUT2D eigenvalue weighted by Gasteiger charge is -2.44. The topological polar surface area (TPSA) is 26.0 Å². The first-order valence-electron chi connectivity index (χ1n) is 5.01. The third-order valence-corrected chi connectivity index (χ3v) is 4.91. The van der Waals surface area contributed by atoms with Gasteiger partial charge in [-0.3, -0.25) is 0 Å². The zero-order chi connectivity index (χ0) is 10.4. The van der Waals surface area contributed by atoms with Crippen LogP contribution >= 0.6 is 28.3 Å². The molecule has 0 radical (unpaired) electrons. The number of hydrogen-bond donors (Lipinski definition) is 1. The molecule has 0 saturated heterocycles. The third kappa shape index (κ3) is 1.95. The van der Waals surface area contributed by atoms with Gasteiger partial charge in [-0.2, -0.15) is 0 Å². The molecular weight excluding hydrogens is 273 g/mol. The highest BCUT2D eigenvalue weighted by atomic mass is 79.9. The number of nitrogens with two attached hydrogens (primary N) is 1. The van der Waals surface area contributed by atoms with E-state index in [1.165, 1.54) is 11.1 Å². The minimum absolute atomic E-state index is 0. The van der Waals surface area contributed by atoms with E-state index in [1.807, 2.05) is 0 Å². The van der Waals surface area contributed by atoms with Gasteiger partial charge in [-0.1, -0.05) is 54.0 Å². The Morgan fingerprint density at radius 1 is 1.27 bits per heavy atom. The SMILES string of the molecule is CC1(C)CCc2ccccc2C1(N)Br.Cl. The molecule has 0 spiro atoms. The van der Waals surface area contributed by atoms with Gasteiger partial charge < -0.3 is 5.73 Å². The lowest BCUT2D eigenvalue weighted by atomic mass is 9.70. The quantitative estimate of drug-likeness (QED) is 0.573. The van der Waals surface area contributed by atoms with Gasteiger partial charge in [0.2, 0.25) is 0 Å². The minimum atomic E-state index is -0.380. The Labute approximate surface area is 106 Å². The molecule has 1 aliphatic carbocycles. The van der Waals surface area contributed by atoms with Crippen molar-refractivity contribution in [3.05, 3.63) is 35.4 Å². The predicted molar refractivity (Wildman–Crippen MR) is 70.6 cm³/mol. The number of rotatable bonds is 0. The van der Waals surface area contributed by atoms with Crippen molar-refractivity contribution in [3.63, 3.8) is 0 Å². The molecule has 0 aromatic heterocycles. The molecule has 1 nitrogen and oxygen atoms in total. The maximum Gasteiger partial charge on any atom is 0.103 e. The molecule has 2 N–H and O–H groups in total. The van der Waals surface area contributed by atoms with Gasteiger partial charge in [-0.15, -0.1) is 12.4 Å². The molecule has 0 heterocycles. The van der Waals surface area contributed by atoms with Gasteiger partial charge in [-0.05, 0) is 29.4 Å². The Kier molecular flexibility index (Phi) is 3.54. The molecule has 2 rings (SSSR count). The van der Waals surface area contributed by atoms with Crippen molar-refractivity contribution in [2.45, 2.75) is 31.1 Å². The zero-order valence-electron chi connectivity index (χ0n) is 9.09. The second kappa shape index (κ2) is 4.08. The average Bonchev–Trinajstić information content (AvgIpc) is 2.13. The molecule has 1 unspecified atom stereocenters. The van der Waals surface area contributed by atoms with E-state index in [0.29, 0.717) is 0 Å². The van der Waals surface area contributed by atoms with E-state index < -0.39 is 0 Å². The molecule has 0 saturated carbocycles. The molecule has 0 amide bonds. The van der Waals surface area contributed by atoms with Gasteiger partial charge >= 0.3 is 0 Å². The number of fused-ring (bicyclic) bond motifs is 1. The van der Waals surface area contributed by atoms with Gasteiger partial charge in [0.05, 0.1) is 0 Å². The molecule has 3 heteroatoms. The summed E-state index contributed by atoms with van der Waals surface area (Å²) in [6, 6.07) is 8.45. The number of halogens is 2. The summed E-state index contributed by atoms with van der Waals surface area (Å²) < 4.78 is -0.380. The summed E-state index contributed by atoms with van der Waals surface area (Å²) in [4.78, 5) is 0. The van der Waals surface area contributed by atoms with E-state index in [0.717, 1.165) is 12.8 Å². The number of aryl methyl sites for hydroxylation is 1. The van der Waals surface area contributed by atoms with E-state index in [4.69, 9.17) is 5.73 Å². The number of benzene rings is 1. The van der Waals surface area contributed by atoms with Crippen LogP contribution in [0.25, 0.3) is 0 Å². The van der Waals surface area contributed by atoms with Crippen molar-refractivity contribution < 1.29 is 0 Å². The highest BCUT2D eigenvalue weighted by Gasteiger charge is 2.44. The highest BCUT2D eigenvalue weighted by Crippen LogP contribution is 2.50. The Hall–Kier alpha value is -0.0500. The maximum absolute atomic E-state index is 6.38. The molecular formula is C12H17BrClN. The standard InChI is InChI=1S/C12H16BrN.ClH/c1-11(2)8-7-9-5-3-4-6-10(9)12(11,13)14;/h3-6H,7-8,14H2,1-2H3;1H. The summed E-state index contributed by atoms with van der Waals surface area (Å²) in [5.74, 6) is 0. The lowest BCUT2D eigenvalue weighted by Crippen LogP contribution is -2.47.